The number of anilines is 1. The van der Waals surface area contributed by atoms with Crippen LogP contribution in [0.15, 0.2) is 30.5 Å². The second-order valence-corrected chi connectivity index (χ2v) is 5.19. The van der Waals surface area contributed by atoms with E-state index in [2.05, 4.69) is 15.3 Å². The summed E-state index contributed by atoms with van der Waals surface area (Å²) in [7, 11) is 0. The number of nitrogen functional groups attached to an aromatic ring is 1. The van der Waals surface area contributed by atoms with Crippen LogP contribution in [0.3, 0.4) is 0 Å². The Kier molecular flexibility index (Phi) is 5.24. The van der Waals surface area contributed by atoms with Crippen LogP contribution in [0, 0.1) is 6.92 Å². The number of carboxylic acid groups (broad SMARTS) is 1. The van der Waals surface area contributed by atoms with Crippen molar-refractivity contribution < 1.29 is 14.7 Å². The lowest BCUT2D eigenvalue weighted by molar-refractivity contribution is -0.123. The molecular weight excluding hydrogens is 296 g/mol. The van der Waals surface area contributed by atoms with Crippen molar-refractivity contribution in [2.24, 2.45) is 0 Å². The summed E-state index contributed by atoms with van der Waals surface area (Å²) < 4.78 is 0. The predicted molar refractivity (Wildman–Crippen MR) is 85.7 cm³/mol. The Hall–Kier alpha value is -2.96. The topological polar surface area (TPSA) is 118 Å². The van der Waals surface area contributed by atoms with Crippen molar-refractivity contribution in [3.8, 4) is 11.4 Å². The van der Waals surface area contributed by atoms with E-state index in [9.17, 15) is 4.79 Å². The molecule has 120 valence electrons. The van der Waals surface area contributed by atoms with Crippen molar-refractivity contribution in [3.05, 3.63) is 41.6 Å². The first kappa shape index (κ1) is 16.4. The lowest BCUT2D eigenvalue weighted by Gasteiger charge is -2.09. The van der Waals surface area contributed by atoms with E-state index in [1.165, 1.54) is 0 Å². The molecule has 1 amide bonds. The third-order valence-corrected chi connectivity index (χ3v) is 3.63. The van der Waals surface area contributed by atoms with E-state index in [1.54, 1.807) is 6.20 Å². The number of nitrogens with zero attached hydrogens (tertiary/aromatic N) is 2. The molecule has 2 heterocycles. The van der Waals surface area contributed by atoms with Gasteiger partial charge in [0.2, 0.25) is 5.91 Å². The molecule has 23 heavy (non-hydrogen) atoms. The number of hydrogen-bond donors (Lipinski definition) is 3. The Bertz CT molecular complexity index is 701. The van der Waals surface area contributed by atoms with Crippen LogP contribution in [-0.2, 0) is 9.59 Å². The van der Waals surface area contributed by atoms with E-state index in [1.807, 2.05) is 31.2 Å². The average molecular weight is 314 g/mol. The Morgan fingerprint density at radius 3 is 2.52 bits per heavy atom. The van der Waals surface area contributed by atoms with Gasteiger partial charge in [-0.1, -0.05) is 24.3 Å². The number of rotatable bonds is 2. The fraction of sp³-hybridized carbons (Fsp3) is 0.250. The fourth-order valence-corrected chi connectivity index (χ4v) is 2.34. The van der Waals surface area contributed by atoms with Crippen molar-refractivity contribution in [2.75, 3.05) is 12.3 Å². The number of nitrogens with one attached hydrogen (secondary N) is 1. The Morgan fingerprint density at radius 1 is 1.35 bits per heavy atom. The number of amides is 1. The molecule has 0 aliphatic carbocycles. The average Bonchev–Trinajstić information content (AvgIpc) is 2.98. The van der Waals surface area contributed by atoms with Gasteiger partial charge in [0.25, 0.3) is 6.47 Å². The molecule has 0 saturated carbocycles. The van der Waals surface area contributed by atoms with Crippen molar-refractivity contribution >= 4 is 18.2 Å². The molecule has 3 rings (SSSR count). The molecule has 0 bridgehead atoms. The number of hydrogen-bond acceptors (Lipinski definition) is 5. The molecule has 1 saturated heterocycles. The Balaban J connectivity index is 0.000000595. The highest BCUT2D eigenvalue weighted by Crippen LogP contribution is 2.25. The van der Waals surface area contributed by atoms with Crippen LogP contribution in [0.25, 0.3) is 11.4 Å². The van der Waals surface area contributed by atoms with Crippen LogP contribution in [0.2, 0.25) is 0 Å². The number of aryl methyl sites for hydroxylation is 1. The van der Waals surface area contributed by atoms with Gasteiger partial charge in [-0.25, -0.2) is 9.97 Å². The van der Waals surface area contributed by atoms with Gasteiger partial charge in [-0.2, -0.15) is 0 Å². The number of nitrogens with two attached hydrogens (primary N) is 1. The van der Waals surface area contributed by atoms with Crippen LogP contribution in [0.1, 0.15) is 23.5 Å². The third kappa shape index (κ3) is 4.03. The fourth-order valence-electron chi connectivity index (χ4n) is 2.34. The first-order valence-electron chi connectivity index (χ1n) is 7.09. The summed E-state index contributed by atoms with van der Waals surface area (Å²) >= 11 is 0. The summed E-state index contributed by atoms with van der Waals surface area (Å²) in [4.78, 5) is 28.2. The second-order valence-electron chi connectivity index (χ2n) is 5.19. The molecule has 0 spiro atoms. The van der Waals surface area contributed by atoms with Gasteiger partial charge in [-0.05, 0) is 12.5 Å². The van der Waals surface area contributed by atoms with Crippen molar-refractivity contribution in [1.82, 2.24) is 15.3 Å². The second kappa shape index (κ2) is 7.35. The molecule has 0 radical (unpaired) electrons. The maximum atomic E-state index is 11.2. The highest BCUT2D eigenvalue weighted by Gasteiger charge is 2.22. The van der Waals surface area contributed by atoms with Crippen molar-refractivity contribution in [2.45, 2.75) is 19.3 Å². The minimum atomic E-state index is -0.250. The van der Waals surface area contributed by atoms with Crippen LogP contribution < -0.4 is 11.1 Å². The molecule has 2 aromatic rings. The van der Waals surface area contributed by atoms with E-state index in [4.69, 9.17) is 15.6 Å². The van der Waals surface area contributed by atoms with Crippen LogP contribution in [0.5, 0.6) is 0 Å². The number of carbonyl (C=O) groups is 2. The summed E-state index contributed by atoms with van der Waals surface area (Å²) in [6.07, 6.45) is 2.29. The highest BCUT2D eigenvalue weighted by molar-refractivity contribution is 5.79. The standard InChI is InChI=1S/C15H16N4O.CH2O2/c1-9-7-18-15(19-14(9)16)11-4-2-10(3-5-11)12-6-13(20)17-8-12;2-1-3/h2-5,7,12H,6,8H2,1H3,(H,17,20)(H2,16,18,19);1H,(H,2,3). The molecule has 1 aliphatic rings. The van der Waals surface area contributed by atoms with Gasteiger partial charge >= 0.3 is 0 Å². The van der Waals surface area contributed by atoms with Crippen LogP contribution in [0.4, 0.5) is 5.82 Å². The summed E-state index contributed by atoms with van der Waals surface area (Å²) in [5.41, 5.74) is 8.77. The zero-order valence-corrected chi connectivity index (χ0v) is 12.7. The van der Waals surface area contributed by atoms with Gasteiger partial charge in [-0.15, -0.1) is 0 Å². The van der Waals surface area contributed by atoms with Crippen LogP contribution in [-0.4, -0.2) is 34.0 Å². The summed E-state index contributed by atoms with van der Waals surface area (Å²) in [6, 6.07) is 8.00. The largest absolute Gasteiger partial charge is 0.483 e. The van der Waals surface area contributed by atoms with E-state index in [0.29, 0.717) is 24.6 Å². The molecule has 1 aliphatic heterocycles. The lowest BCUT2D eigenvalue weighted by atomic mass is 9.97. The maximum absolute atomic E-state index is 11.2. The molecule has 4 N–H and O–H groups in total. The SMILES string of the molecule is Cc1cnc(-c2ccc(C3CNC(=O)C3)cc2)nc1N.O=CO. The first-order chi connectivity index (χ1) is 11.0. The summed E-state index contributed by atoms with van der Waals surface area (Å²) in [6.45, 7) is 2.35. The summed E-state index contributed by atoms with van der Waals surface area (Å²) in [5.74, 6) is 1.51. The van der Waals surface area contributed by atoms with E-state index >= 15 is 0 Å². The number of carbonyl (C=O) groups excluding carboxylic acids is 1. The first-order valence-corrected chi connectivity index (χ1v) is 7.09. The van der Waals surface area contributed by atoms with E-state index in [0.717, 1.165) is 16.7 Å². The predicted octanol–water partition coefficient (Wildman–Crippen LogP) is 1.34. The summed E-state index contributed by atoms with van der Waals surface area (Å²) in [5, 5.41) is 9.74. The number of aromatic nitrogens is 2. The molecule has 1 aromatic carbocycles. The Morgan fingerprint density at radius 2 is 2.00 bits per heavy atom. The third-order valence-electron chi connectivity index (χ3n) is 3.63. The highest BCUT2D eigenvalue weighted by atomic mass is 16.3. The van der Waals surface area contributed by atoms with Crippen molar-refractivity contribution in [3.63, 3.8) is 0 Å². The maximum Gasteiger partial charge on any atom is 0.290 e. The van der Waals surface area contributed by atoms with Gasteiger partial charge in [0, 0.05) is 36.2 Å². The molecule has 1 atom stereocenters. The lowest BCUT2D eigenvalue weighted by Crippen LogP contribution is -2.13. The minimum Gasteiger partial charge on any atom is -0.483 e. The number of benzene rings is 1. The zero-order valence-electron chi connectivity index (χ0n) is 12.7. The molecule has 1 aromatic heterocycles. The Labute approximate surface area is 133 Å². The van der Waals surface area contributed by atoms with E-state index in [-0.39, 0.29) is 18.3 Å². The van der Waals surface area contributed by atoms with Crippen molar-refractivity contribution in [1.29, 1.82) is 0 Å². The van der Waals surface area contributed by atoms with Gasteiger partial charge in [0.05, 0.1) is 0 Å². The molecular formula is C16H18N4O3. The van der Waals surface area contributed by atoms with E-state index < -0.39 is 0 Å². The normalized spacial score (nSPS) is 16.2. The molecule has 1 unspecified atom stereocenters. The monoisotopic (exact) mass is 314 g/mol. The van der Waals surface area contributed by atoms with Gasteiger partial charge in [-0.3, -0.25) is 9.59 Å². The van der Waals surface area contributed by atoms with Gasteiger partial charge < -0.3 is 16.2 Å². The molecule has 7 nitrogen and oxygen atoms in total. The minimum absolute atomic E-state index is 0.119. The van der Waals surface area contributed by atoms with Crippen LogP contribution >= 0.6 is 0 Å². The molecule has 7 heteroatoms. The van der Waals surface area contributed by atoms with Gasteiger partial charge in [0.1, 0.15) is 5.82 Å². The molecule has 1 fully saturated rings. The quantitative estimate of drug-likeness (QED) is 0.720. The zero-order chi connectivity index (χ0) is 16.8. The smallest absolute Gasteiger partial charge is 0.290 e. The van der Waals surface area contributed by atoms with Gasteiger partial charge in [0.15, 0.2) is 5.82 Å².